The van der Waals surface area contributed by atoms with Gasteiger partial charge in [-0.05, 0) is 36.3 Å². The van der Waals surface area contributed by atoms with E-state index in [-0.39, 0.29) is 23.2 Å². The van der Waals surface area contributed by atoms with Crippen molar-refractivity contribution in [1.29, 1.82) is 0 Å². The molecule has 0 saturated carbocycles. The summed E-state index contributed by atoms with van der Waals surface area (Å²) in [6.07, 6.45) is 0.234. The smallest absolute Gasteiger partial charge is 0.410 e. The van der Waals surface area contributed by atoms with Crippen molar-refractivity contribution in [3.63, 3.8) is 0 Å². The van der Waals surface area contributed by atoms with E-state index in [2.05, 4.69) is 5.32 Å². The largest absolute Gasteiger partial charge is 0.412 e. The predicted molar refractivity (Wildman–Crippen MR) is 85.9 cm³/mol. The van der Waals surface area contributed by atoms with Gasteiger partial charge in [0.25, 0.3) is 0 Å². The van der Waals surface area contributed by atoms with Crippen molar-refractivity contribution < 1.29 is 22.3 Å². The molecular weight excluding hydrogens is 321 g/mol. The average molecular weight is 343 g/mol. The van der Waals surface area contributed by atoms with Gasteiger partial charge in [0.2, 0.25) is 0 Å². The lowest BCUT2D eigenvalue weighted by Gasteiger charge is -2.22. The van der Waals surface area contributed by atoms with Gasteiger partial charge in [-0.2, -0.15) is 0 Å². The third-order valence-electron chi connectivity index (χ3n) is 3.83. The molecule has 0 spiro atoms. The van der Waals surface area contributed by atoms with Crippen LogP contribution in [0.5, 0.6) is 5.75 Å². The SMILES string of the molecule is CC(C)CNC(=O)Oc1ccc(C2CCS(=O)(=O)CC2)c(F)c1. The first kappa shape index (κ1) is 17.7. The van der Waals surface area contributed by atoms with Gasteiger partial charge in [-0.25, -0.2) is 17.6 Å². The average Bonchev–Trinajstić information content (AvgIpc) is 2.46. The second kappa shape index (κ2) is 7.29. The van der Waals surface area contributed by atoms with Crippen LogP contribution in [-0.2, 0) is 9.84 Å². The number of rotatable bonds is 4. The first-order valence-corrected chi connectivity index (χ1v) is 9.54. The van der Waals surface area contributed by atoms with E-state index < -0.39 is 21.7 Å². The molecule has 5 nitrogen and oxygen atoms in total. The first-order valence-electron chi connectivity index (χ1n) is 7.72. The number of sulfone groups is 1. The summed E-state index contributed by atoms with van der Waals surface area (Å²) in [4.78, 5) is 11.6. The number of hydrogen-bond donors (Lipinski definition) is 1. The standard InChI is InChI=1S/C16H22FNO4S/c1-11(2)10-18-16(19)22-13-3-4-14(15(17)9-13)12-5-7-23(20,21)8-6-12/h3-4,9,11-12H,5-8,10H2,1-2H3,(H,18,19). The van der Waals surface area contributed by atoms with E-state index in [0.717, 1.165) is 0 Å². The highest BCUT2D eigenvalue weighted by molar-refractivity contribution is 7.91. The van der Waals surface area contributed by atoms with Crippen LogP contribution in [0, 0.1) is 11.7 Å². The highest BCUT2D eigenvalue weighted by Gasteiger charge is 2.26. The fourth-order valence-electron chi connectivity index (χ4n) is 2.53. The summed E-state index contributed by atoms with van der Waals surface area (Å²) in [6.45, 7) is 4.40. The van der Waals surface area contributed by atoms with Gasteiger partial charge < -0.3 is 10.1 Å². The van der Waals surface area contributed by atoms with Gasteiger partial charge in [-0.3, -0.25) is 0 Å². The molecule has 1 aromatic carbocycles. The molecule has 0 radical (unpaired) electrons. The van der Waals surface area contributed by atoms with Gasteiger partial charge in [0.1, 0.15) is 21.4 Å². The Morgan fingerprint density at radius 2 is 2.00 bits per heavy atom. The highest BCUT2D eigenvalue weighted by atomic mass is 32.2. The number of benzene rings is 1. The molecular formula is C16H22FNO4S. The Hall–Kier alpha value is -1.63. The molecule has 1 fully saturated rings. The molecule has 0 aliphatic carbocycles. The van der Waals surface area contributed by atoms with Gasteiger partial charge in [0.15, 0.2) is 0 Å². The van der Waals surface area contributed by atoms with Crippen LogP contribution in [0.25, 0.3) is 0 Å². The van der Waals surface area contributed by atoms with Crippen LogP contribution in [-0.4, -0.2) is 32.6 Å². The zero-order valence-corrected chi connectivity index (χ0v) is 14.2. The van der Waals surface area contributed by atoms with Gasteiger partial charge in [-0.15, -0.1) is 0 Å². The maximum Gasteiger partial charge on any atom is 0.412 e. The normalized spacial score (nSPS) is 17.9. The Bertz CT molecular complexity index is 659. The Balaban J connectivity index is 1.99. The van der Waals surface area contributed by atoms with Gasteiger partial charge in [-0.1, -0.05) is 19.9 Å². The van der Waals surface area contributed by atoms with Crippen molar-refractivity contribution >= 4 is 15.9 Å². The predicted octanol–water partition coefficient (Wildman–Crippen LogP) is 2.86. The minimum absolute atomic E-state index is 0.0902. The summed E-state index contributed by atoms with van der Waals surface area (Å²) in [5.41, 5.74) is 0.481. The fraction of sp³-hybridized carbons (Fsp3) is 0.562. The Morgan fingerprint density at radius 3 is 2.57 bits per heavy atom. The Morgan fingerprint density at radius 1 is 1.35 bits per heavy atom. The molecule has 1 aliphatic rings. The number of carbonyl (C=O) groups is 1. The molecule has 1 saturated heterocycles. The Kier molecular flexibility index (Phi) is 5.62. The van der Waals surface area contributed by atoms with Gasteiger partial charge >= 0.3 is 6.09 Å². The van der Waals surface area contributed by atoms with Crippen molar-refractivity contribution in [2.45, 2.75) is 32.6 Å². The van der Waals surface area contributed by atoms with E-state index in [0.29, 0.717) is 30.9 Å². The quantitative estimate of drug-likeness (QED) is 0.912. The number of ether oxygens (including phenoxy) is 1. The number of nitrogens with one attached hydrogen (secondary N) is 1. The first-order chi connectivity index (χ1) is 10.8. The van der Waals surface area contributed by atoms with Crippen molar-refractivity contribution in [3.05, 3.63) is 29.6 Å². The third-order valence-corrected chi connectivity index (χ3v) is 5.55. The molecule has 7 heteroatoms. The van der Waals surface area contributed by atoms with E-state index in [1.54, 1.807) is 6.07 Å². The lowest BCUT2D eigenvalue weighted by atomic mass is 9.93. The molecule has 0 aromatic heterocycles. The van der Waals surface area contributed by atoms with Crippen molar-refractivity contribution in [2.75, 3.05) is 18.1 Å². The van der Waals surface area contributed by atoms with Crippen LogP contribution in [0.1, 0.15) is 38.2 Å². The number of hydrogen-bond acceptors (Lipinski definition) is 4. The summed E-state index contributed by atoms with van der Waals surface area (Å²) in [6, 6.07) is 4.28. The molecule has 1 heterocycles. The molecule has 1 aromatic rings. The van der Waals surface area contributed by atoms with E-state index >= 15 is 0 Å². The van der Waals surface area contributed by atoms with Gasteiger partial charge in [0.05, 0.1) is 11.5 Å². The summed E-state index contributed by atoms with van der Waals surface area (Å²) in [5.74, 6) is 0.0332. The minimum atomic E-state index is -2.97. The molecule has 0 atom stereocenters. The van der Waals surface area contributed by atoms with Crippen LogP contribution in [0.3, 0.4) is 0 Å². The second-order valence-corrected chi connectivity index (χ2v) is 8.58. The van der Waals surface area contributed by atoms with E-state index in [1.165, 1.54) is 12.1 Å². The molecule has 1 aliphatic heterocycles. The van der Waals surface area contributed by atoms with Crippen LogP contribution >= 0.6 is 0 Å². The molecule has 0 unspecified atom stereocenters. The molecule has 23 heavy (non-hydrogen) atoms. The maximum atomic E-state index is 14.2. The van der Waals surface area contributed by atoms with E-state index in [4.69, 9.17) is 4.74 Å². The molecule has 128 valence electrons. The maximum absolute atomic E-state index is 14.2. The van der Waals surface area contributed by atoms with E-state index in [9.17, 15) is 17.6 Å². The van der Waals surface area contributed by atoms with Crippen LogP contribution in [0.4, 0.5) is 9.18 Å². The van der Waals surface area contributed by atoms with Crippen molar-refractivity contribution in [2.24, 2.45) is 5.92 Å². The topological polar surface area (TPSA) is 72.5 Å². The molecule has 1 amide bonds. The van der Waals surface area contributed by atoms with Crippen LogP contribution in [0.15, 0.2) is 18.2 Å². The molecule has 1 N–H and O–H groups in total. The van der Waals surface area contributed by atoms with Crippen LogP contribution in [0.2, 0.25) is 0 Å². The lowest BCUT2D eigenvalue weighted by molar-refractivity contribution is 0.199. The monoisotopic (exact) mass is 343 g/mol. The van der Waals surface area contributed by atoms with E-state index in [1.807, 2.05) is 13.8 Å². The van der Waals surface area contributed by atoms with Crippen molar-refractivity contribution in [1.82, 2.24) is 5.32 Å². The highest BCUT2D eigenvalue weighted by Crippen LogP contribution is 2.32. The Labute approximate surface area is 136 Å². The number of halogens is 1. The summed E-state index contributed by atoms with van der Waals surface area (Å²) in [5, 5.41) is 2.59. The van der Waals surface area contributed by atoms with Crippen molar-refractivity contribution in [3.8, 4) is 5.75 Å². The summed E-state index contributed by atoms with van der Waals surface area (Å²) >= 11 is 0. The zero-order chi connectivity index (χ0) is 17.0. The second-order valence-electron chi connectivity index (χ2n) is 6.27. The number of carbonyl (C=O) groups excluding carboxylic acids is 1. The lowest BCUT2D eigenvalue weighted by Crippen LogP contribution is -2.30. The summed E-state index contributed by atoms with van der Waals surface area (Å²) < 4.78 is 42.1. The van der Waals surface area contributed by atoms with Crippen LogP contribution < -0.4 is 10.1 Å². The fourth-order valence-corrected chi connectivity index (χ4v) is 4.03. The zero-order valence-electron chi connectivity index (χ0n) is 13.3. The number of amides is 1. The molecule has 0 bridgehead atoms. The third kappa shape index (κ3) is 5.20. The van der Waals surface area contributed by atoms with Gasteiger partial charge in [0, 0.05) is 12.6 Å². The molecule has 2 rings (SSSR count). The minimum Gasteiger partial charge on any atom is -0.410 e. The summed E-state index contributed by atoms with van der Waals surface area (Å²) in [7, 11) is -2.97.